The summed E-state index contributed by atoms with van der Waals surface area (Å²) in [5, 5.41) is 0.691. The van der Waals surface area contributed by atoms with Crippen LogP contribution in [-0.2, 0) is 16.2 Å². The molecule has 0 bridgehead atoms. The Bertz CT molecular complexity index is 1490. The van der Waals surface area contributed by atoms with Crippen molar-refractivity contribution in [3.8, 4) is 0 Å². The summed E-state index contributed by atoms with van der Waals surface area (Å²) < 4.78 is 66.2. The molecule has 12 heteroatoms. The summed E-state index contributed by atoms with van der Waals surface area (Å²) in [6.45, 7) is 0. The molecular formula is C22H12Cl3F3N2O2S2. The van der Waals surface area contributed by atoms with Crippen molar-refractivity contribution in [1.82, 2.24) is 4.98 Å². The monoisotopic (exact) mass is 562 g/mol. The molecule has 3 aromatic carbocycles. The topological polar surface area (TPSA) is 59.1 Å². The Kier molecular flexibility index (Phi) is 6.94. The van der Waals surface area contributed by atoms with Crippen LogP contribution >= 0.6 is 46.6 Å². The van der Waals surface area contributed by atoms with Gasteiger partial charge in [0.05, 0.1) is 31.8 Å². The van der Waals surface area contributed by atoms with Crippen LogP contribution in [0.2, 0.25) is 15.1 Å². The maximum Gasteiger partial charge on any atom is 0.416 e. The fourth-order valence-electron chi connectivity index (χ4n) is 3.05. The van der Waals surface area contributed by atoms with Gasteiger partial charge in [-0.15, -0.1) is 0 Å². The van der Waals surface area contributed by atoms with E-state index >= 15 is 0 Å². The number of para-hydroxylation sites is 1. The number of nitrogens with one attached hydrogen (secondary N) is 1. The summed E-state index contributed by atoms with van der Waals surface area (Å²) in [5.74, 6) is 0. The fraction of sp³-hybridized carbons (Fsp3) is 0.0455. The third-order valence-electron chi connectivity index (χ3n) is 4.58. The Balaban J connectivity index is 1.60. The molecule has 0 aliphatic carbocycles. The van der Waals surface area contributed by atoms with Crippen molar-refractivity contribution >= 4 is 73.2 Å². The average Bonchev–Trinajstić information content (AvgIpc) is 2.75. The number of rotatable bonds is 5. The van der Waals surface area contributed by atoms with Gasteiger partial charge in [-0.2, -0.15) is 13.2 Å². The Morgan fingerprint density at radius 3 is 2.21 bits per heavy atom. The normalized spacial score (nSPS) is 12.2. The number of benzene rings is 3. The van der Waals surface area contributed by atoms with Crippen molar-refractivity contribution < 1.29 is 21.6 Å². The zero-order chi connectivity index (χ0) is 24.7. The molecular weight excluding hydrogens is 552 g/mol. The SMILES string of the molecule is O=S(=O)(Nc1cc(Cl)c(Sc2cnc3ccccc3c2)c(Cl)c1)c1ccc(C(F)(F)F)cc1Cl. The molecule has 1 N–H and O–H groups in total. The smallest absolute Gasteiger partial charge is 0.279 e. The van der Waals surface area contributed by atoms with Gasteiger partial charge in [-0.1, -0.05) is 64.8 Å². The number of aromatic nitrogens is 1. The summed E-state index contributed by atoms with van der Waals surface area (Å²) >= 11 is 19.8. The number of alkyl halides is 3. The summed E-state index contributed by atoms with van der Waals surface area (Å²) in [4.78, 5) is 5.12. The van der Waals surface area contributed by atoms with Crippen LogP contribution < -0.4 is 4.72 Å². The highest BCUT2D eigenvalue weighted by molar-refractivity contribution is 7.99. The van der Waals surface area contributed by atoms with E-state index < -0.39 is 31.7 Å². The first kappa shape index (κ1) is 24.9. The summed E-state index contributed by atoms with van der Waals surface area (Å²) in [6.07, 6.45) is -2.99. The molecule has 1 aromatic heterocycles. The number of fused-ring (bicyclic) bond motifs is 1. The standard InChI is InChI=1S/C22H12Cl3F3N2O2S2/c23-16-8-13(22(26,27)28)5-6-20(16)34(31,32)30-14-9-17(24)21(18(25)10-14)33-15-7-12-3-1-2-4-19(12)29-11-15/h1-11,30H. The van der Waals surface area contributed by atoms with Crippen LogP contribution in [0.3, 0.4) is 0 Å². The van der Waals surface area contributed by atoms with Gasteiger partial charge in [0.2, 0.25) is 0 Å². The molecule has 176 valence electrons. The van der Waals surface area contributed by atoms with Gasteiger partial charge in [0.15, 0.2) is 0 Å². The van der Waals surface area contributed by atoms with E-state index in [0.717, 1.165) is 21.9 Å². The molecule has 0 spiro atoms. The molecule has 4 rings (SSSR count). The zero-order valence-electron chi connectivity index (χ0n) is 16.7. The molecule has 0 aliphatic heterocycles. The van der Waals surface area contributed by atoms with Gasteiger partial charge in [0.25, 0.3) is 10.0 Å². The lowest BCUT2D eigenvalue weighted by molar-refractivity contribution is -0.137. The van der Waals surface area contributed by atoms with E-state index in [-0.39, 0.29) is 15.7 Å². The Morgan fingerprint density at radius 1 is 0.882 bits per heavy atom. The second kappa shape index (κ2) is 9.47. The lowest BCUT2D eigenvalue weighted by Crippen LogP contribution is -2.14. The summed E-state index contributed by atoms with van der Waals surface area (Å²) in [6, 6.07) is 14.2. The highest BCUT2D eigenvalue weighted by Crippen LogP contribution is 2.41. The van der Waals surface area contributed by atoms with Gasteiger partial charge in [-0.05, 0) is 42.5 Å². The number of hydrogen-bond donors (Lipinski definition) is 1. The highest BCUT2D eigenvalue weighted by atomic mass is 35.5. The molecule has 0 saturated heterocycles. The van der Waals surface area contributed by atoms with E-state index in [1.807, 2.05) is 30.3 Å². The number of pyridine rings is 1. The van der Waals surface area contributed by atoms with Crippen molar-refractivity contribution in [2.75, 3.05) is 4.72 Å². The predicted octanol–water partition coefficient (Wildman–Crippen LogP) is 8.17. The van der Waals surface area contributed by atoms with Gasteiger partial charge in [-0.3, -0.25) is 9.71 Å². The van der Waals surface area contributed by atoms with Crippen molar-refractivity contribution in [2.24, 2.45) is 0 Å². The van der Waals surface area contributed by atoms with Crippen LogP contribution in [0.25, 0.3) is 10.9 Å². The van der Waals surface area contributed by atoms with Gasteiger partial charge in [0, 0.05) is 21.4 Å². The van der Waals surface area contributed by atoms with Crippen molar-refractivity contribution in [2.45, 2.75) is 20.9 Å². The van der Waals surface area contributed by atoms with Crippen LogP contribution in [-0.4, -0.2) is 13.4 Å². The van der Waals surface area contributed by atoms with E-state index in [1.54, 1.807) is 6.20 Å². The third kappa shape index (κ3) is 5.39. The first-order valence-corrected chi connectivity index (χ1v) is 12.8. The van der Waals surface area contributed by atoms with Crippen LogP contribution in [0.1, 0.15) is 5.56 Å². The largest absolute Gasteiger partial charge is 0.416 e. The van der Waals surface area contributed by atoms with Gasteiger partial charge in [-0.25, -0.2) is 8.42 Å². The number of nitrogens with zero attached hydrogens (tertiary/aromatic N) is 1. The van der Waals surface area contributed by atoms with E-state index in [2.05, 4.69) is 9.71 Å². The second-order valence-corrected chi connectivity index (χ2v) is 10.9. The van der Waals surface area contributed by atoms with Crippen LogP contribution in [0.15, 0.2) is 81.5 Å². The van der Waals surface area contributed by atoms with E-state index in [9.17, 15) is 21.6 Å². The number of sulfonamides is 1. The Labute approximate surface area is 212 Å². The second-order valence-electron chi connectivity index (χ2n) is 6.98. The minimum absolute atomic E-state index is 0.0203. The van der Waals surface area contributed by atoms with Crippen LogP contribution in [0, 0.1) is 0 Å². The van der Waals surface area contributed by atoms with E-state index in [4.69, 9.17) is 34.8 Å². The number of halogens is 6. The van der Waals surface area contributed by atoms with Crippen LogP contribution in [0.5, 0.6) is 0 Å². The third-order valence-corrected chi connectivity index (χ3v) is 8.37. The molecule has 0 fully saturated rings. The molecule has 0 unspecified atom stereocenters. The quantitative estimate of drug-likeness (QED) is 0.266. The molecule has 1 heterocycles. The molecule has 0 atom stereocenters. The maximum atomic E-state index is 12.8. The molecule has 4 nitrogen and oxygen atoms in total. The van der Waals surface area contributed by atoms with Crippen molar-refractivity contribution in [1.29, 1.82) is 0 Å². The Morgan fingerprint density at radius 2 is 1.56 bits per heavy atom. The first-order chi connectivity index (χ1) is 15.9. The number of anilines is 1. The Hall–Kier alpha value is -2.17. The van der Waals surface area contributed by atoms with Crippen LogP contribution in [0.4, 0.5) is 18.9 Å². The molecule has 0 amide bonds. The van der Waals surface area contributed by atoms with Crippen molar-refractivity contribution in [3.05, 3.63) is 87.5 Å². The molecule has 34 heavy (non-hydrogen) atoms. The minimum atomic E-state index is -4.66. The fourth-order valence-corrected chi connectivity index (χ4v) is 6.19. The van der Waals surface area contributed by atoms with Crippen molar-refractivity contribution in [3.63, 3.8) is 0 Å². The lowest BCUT2D eigenvalue weighted by Gasteiger charge is -2.14. The van der Waals surface area contributed by atoms with Gasteiger partial charge < -0.3 is 0 Å². The van der Waals surface area contributed by atoms with Gasteiger partial charge >= 0.3 is 6.18 Å². The molecule has 0 aliphatic rings. The average molecular weight is 564 g/mol. The van der Waals surface area contributed by atoms with E-state index in [0.29, 0.717) is 17.0 Å². The predicted molar refractivity (Wildman–Crippen MR) is 130 cm³/mol. The first-order valence-electron chi connectivity index (χ1n) is 9.35. The zero-order valence-corrected chi connectivity index (χ0v) is 20.6. The lowest BCUT2D eigenvalue weighted by atomic mass is 10.2. The molecule has 0 saturated carbocycles. The summed E-state index contributed by atoms with van der Waals surface area (Å²) in [7, 11) is -4.32. The molecule has 0 radical (unpaired) electrons. The minimum Gasteiger partial charge on any atom is -0.279 e. The number of hydrogen-bond acceptors (Lipinski definition) is 4. The molecule has 4 aromatic rings. The maximum absolute atomic E-state index is 12.8. The highest BCUT2D eigenvalue weighted by Gasteiger charge is 2.32. The van der Waals surface area contributed by atoms with Gasteiger partial charge in [0.1, 0.15) is 4.90 Å². The van der Waals surface area contributed by atoms with E-state index in [1.165, 1.54) is 23.9 Å². The summed E-state index contributed by atoms with van der Waals surface area (Å²) in [5.41, 5.74) is -0.213.